The molecule has 1 saturated heterocycles. The fourth-order valence-corrected chi connectivity index (χ4v) is 6.91. The second-order valence-electron chi connectivity index (χ2n) is 9.09. The molecule has 37 heavy (non-hydrogen) atoms. The lowest BCUT2D eigenvalue weighted by molar-refractivity contribution is -0.142. The molecule has 2 heterocycles. The lowest BCUT2D eigenvalue weighted by atomic mass is 10.1. The molecule has 1 aliphatic heterocycles. The molecule has 2 aromatic carbocycles. The quantitative estimate of drug-likeness (QED) is 0.450. The van der Waals surface area contributed by atoms with Crippen molar-refractivity contribution in [3.63, 3.8) is 0 Å². The zero-order valence-electron chi connectivity index (χ0n) is 20.6. The summed E-state index contributed by atoms with van der Waals surface area (Å²) in [5, 5.41) is 13.6. The third-order valence-corrected chi connectivity index (χ3v) is 9.62. The molecule has 1 fully saturated rings. The number of sulfone groups is 1. The number of piperazine rings is 1. The van der Waals surface area contributed by atoms with E-state index in [2.05, 4.69) is 9.89 Å². The number of fused-ring (bicyclic) bond motifs is 1. The molecule has 9 nitrogen and oxygen atoms in total. The highest BCUT2D eigenvalue weighted by atomic mass is 35.5. The van der Waals surface area contributed by atoms with E-state index < -0.39 is 21.8 Å². The summed E-state index contributed by atoms with van der Waals surface area (Å²) in [4.78, 5) is 33.6. The van der Waals surface area contributed by atoms with Gasteiger partial charge in [-0.3, -0.25) is 19.5 Å². The van der Waals surface area contributed by atoms with Gasteiger partial charge in [0, 0.05) is 62.8 Å². The van der Waals surface area contributed by atoms with Crippen LogP contribution in [0.15, 0.2) is 51.7 Å². The minimum Gasteiger partial charge on any atom is -0.481 e. The highest BCUT2D eigenvalue weighted by Gasteiger charge is 2.33. The number of benzene rings is 2. The molecule has 1 aromatic heterocycles. The number of carbonyl (C=O) groups excluding carboxylic acids is 1. The van der Waals surface area contributed by atoms with Crippen LogP contribution in [0.4, 0.5) is 0 Å². The highest BCUT2D eigenvalue weighted by molar-refractivity contribution is 7.91. The normalized spacial score (nSPS) is 17.4. The van der Waals surface area contributed by atoms with Crippen LogP contribution >= 0.6 is 22.9 Å². The van der Waals surface area contributed by atoms with Gasteiger partial charge in [-0.25, -0.2) is 8.42 Å². The second-order valence-corrected chi connectivity index (χ2v) is 12.5. The van der Waals surface area contributed by atoms with Crippen LogP contribution in [-0.4, -0.2) is 78.2 Å². The average Bonchev–Trinajstić information content (AvgIpc) is 3.21. The molecular weight excluding hydrogens is 536 g/mol. The fraction of sp³-hybridized carbons (Fsp3) is 0.400. The first-order valence-corrected chi connectivity index (χ1v) is 14.7. The van der Waals surface area contributed by atoms with Gasteiger partial charge in [-0.15, -0.1) is 11.3 Å². The lowest BCUT2D eigenvalue weighted by Gasteiger charge is -2.41. The van der Waals surface area contributed by atoms with Gasteiger partial charge in [-0.2, -0.15) is 0 Å². The number of rotatable bonds is 8. The second kappa shape index (κ2) is 11.3. The largest absolute Gasteiger partial charge is 0.481 e. The Labute approximate surface area is 224 Å². The van der Waals surface area contributed by atoms with Crippen molar-refractivity contribution in [3.8, 4) is 0 Å². The number of aliphatic carboxylic acids is 1. The van der Waals surface area contributed by atoms with Crippen molar-refractivity contribution < 1.29 is 23.1 Å². The van der Waals surface area contributed by atoms with E-state index in [0.717, 1.165) is 21.3 Å². The molecule has 0 radical (unpaired) electrons. The summed E-state index contributed by atoms with van der Waals surface area (Å²) >= 11 is 7.55. The topological polar surface area (TPSA) is 112 Å². The number of hydrogen-bond donors (Lipinski definition) is 1. The van der Waals surface area contributed by atoms with Gasteiger partial charge in [0.25, 0.3) is 0 Å². The number of carboxylic acid groups (broad SMARTS) is 1. The Bertz CT molecular complexity index is 1500. The summed E-state index contributed by atoms with van der Waals surface area (Å²) in [6.07, 6.45) is -0.411. The molecule has 1 amide bonds. The van der Waals surface area contributed by atoms with E-state index in [1.54, 1.807) is 37.4 Å². The molecule has 0 spiro atoms. The Morgan fingerprint density at radius 1 is 1.16 bits per heavy atom. The van der Waals surface area contributed by atoms with E-state index in [1.165, 1.54) is 22.3 Å². The molecule has 4 rings (SSSR count). The van der Waals surface area contributed by atoms with Crippen LogP contribution in [-0.2, 0) is 33.0 Å². The summed E-state index contributed by atoms with van der Waals surface area (Å²) in [5.41, 5.74) is 1.06. The van der Waals surface area contributed by atoms with Crippen LogP contribution in [0.2, 0.25) is 5.02 Å². The van der Waals surface area contributed by atoms with Crippen LogP contribution in [0.1, 0.15) is 18.5 Å². The van der Waals surface area contributed by atoms with Crippen molar-refractivity contribution in [1.82, 2.24) is 14.4 Å². The van der Waals surface area contributed by atoms with Gasteiger partial charge in [-0.05, 0) is 35.0 Å². The summed E-state index contributed by atoms with van der Waals surface area (Å²) in [6.45, 7) is 1.91. The zero-order valence-corrected chi connectivity index (χ0v) is 23.0. The average molecular weight is 565 g/mol. The third kappa shape index (κ3) is 6.40. The molecule has 1 unspecified atom stereocenters. The maximum atomic E-state index is 13.1. The predicted octanol–water partition coefficient (Wildman–Crippen LogP) is 2.78. The Balaban J connectivity index is 1.43. The van der Waals surface area contributed by atoms with Gasteiger partial charge < -0.3 is 14.6 Å². The van der Waals surface area contributed by atoms with Crippen LogP contribution in [0.3, 0.4) is 0 Å². The molecule has 198 valence electrons. The standard InChI is InChI=1S/C25H29ClN4O5S2/c1-27-25-28(2)21(16-36-25)15-29-8-9-30(20(14-29)13-24(32)33)23(31)7-10-37(34,35)22-6-4-17-11-19(26)5-3-18(17)12-22/h3-6,11-12,16,20H,7-10,13-15H2,1-2H3,(H,32,33)/b27-25-. The first kappa shape index (κ1) is 27.3. The summed E-state index contributed by atoms with van der Waals surface area (Å²) < 4.78 is 28.0. The first-order chi connectivity index (χ1) is 17.6. The summed E-state index contributed by atoms with van der Waals surface area (Å²) in [6, 6.07) is 9.48. The van der Waals surface area contributed by atoms with Gasteiger partial charge in [0.2, 0.25) is 5.91 Å². The number of amides is 1. The fourth-order valence-electron chi connectivity index (χ4n) is 4.62. The van der Waals surface area contributed by atoms with Crippen molar-refractivity contribution in [2.75, 3.05) is 32.4 Å². The minimum atomic E-state index is -3.71. The van der Waals surface area contributed by atoms with Gasteiger partial charge >= 0.3 is 5.97 Å². The highest BCUT2D eigenvalue weighted by Crippen LogP contribution is 2.24. The van der Waals surface area contributed by atoms with Gasteiger partial charge in [0.05, 0.1) is 23.1 Å². The van der Waals surface area contributed by atoms with Crippen molar-refractivity contribution in [1.29, 1.82) is 0 Å². The number of hydrogen-bond acceptors (Lipinski definition) is 7. The number of carboxylic acids is 1. The van der Waals surface area contributed by atoms with Gasteiger partial charge in [-0.1, -0.05) is 23.7 Å². The Morgan fingerprint density at radius 3 is 2.59 bits per heavy atom. The van der Waals surface area contributed by atoms with Gasteiger partial charge in [0.15, 0.2) is 14.6 Å². The molecule has 12 heteroatoms. The van der Waals surface area contributed by atoms with Gasteiger partial charge in [0.1, 0.15) is 0 Å². The molecule has 0 bridgehead atoms. The van der Waals surface area contributed by atoms with E-state index >= 15 is 0 Å². The molecule has 1 aliphatic rings. The summed E-state index contributed by atoms with van der Waals surface area (Å²) in [5.74, 6) is -1.70. The van der Waals surface area contributed by atoms with Crippen molar-refractivity contribution in [2.45, 2.75) is 30.3 Å². The third-order valence-electron chi connectivity index (χ3n) is 6.61. The van der Waals surface area contributed by atoms with Crippen molar-refractivity contribution >= 4 is 55.4 Å². The summed E-state index contributed by atoms with van der Waals surface area (Å²) in [7, 11) is -0.0368. The molecule has 1 atom stereocenters. The number of halogens is 1. The number of thiazole rings is 1. The van der Waals surface area contributed by atoms with Crippen LogP contribution in [0, 0.1) is 0 Å². The van der Waals surface area contributed by atoms with E-state index in [4.69, 9.17) is 11.6 Å². The maximum absolute atomic E-state index is 13.1. The molecule has 0 saturated carbocycles. The number of carbonyl (C=O) groups is 2. The van der Waals surface area contributed by atoms with Crippen LogP contribution < -0.4 is 4.80 Å². The minimum absolute atomic E-state index is 0.142. The number of nitrogens with zero attached hydrogens (tertiary/aromatic N) is 4. The molecule has 3 aromatic rings. The van der Waals surface area contributed by atoms with Crippen molar-refractivity contribution in [2.24, 2.45) is 12.0 Å². The van der Waals surface area contributed by atoms with E-state index in [1.807, 2.05) is 17.0 Å². The number of aromatic nitrogens is 1. The van der Waals surface area contributed by atoms with E-state index in [0.29, 0.717) is 31.2 Å². The first-order valence-electron chi connectivity index (χ1n) is 11.8. The smallest absolute Gasteiger partial charge is 0.305 e. The van der Waals surface area contributed by atoms with Crippen LogP contribution in [0.25, 0.3) is 10.8 Å². The predicted molar refractivity (Wildman–Crippen MR) is 143 cm³/mol. The SMILES string of the molecule is C/N=c1\scc(CN2CCN(C(=O)CCS(=O)(=O)c3ccc4cc(Cl)ccc4c3)C(CC(=O)O)C2)n1C. The van der Waals surface area contributed by atoms with Crippen LogP contribution in [0.5, 0.6) is 0 Å². The van der Waals surface area contributed by atoms with E-state index in [-0.39, 0.29) is 29.4 Å². The zero-order chi connectivity index (χ0) is 26.7. The van der Waals surface area contributed by atoms with E-state index in [9.17, 15) is 23.1 Å². The molecule has 1 N–H and O–H groups in total. The monoisotopic (exact) mass is 564 g/mol. The Hall–Kier alpha value is -2.73. The molecule has 0 aliphatic carbocycles. The Kier molecular flexibility index (Phi) is 8.37. The lowest BCUT2D eigenvalue weighted by Crippen LogP contribution is -2.55. The molecular formula is C25H29ClN4O5S2. The maximum Gasteiger partial charge on any atom is 0.305 e. The van der Waals surface area contributed by atoms with Crippen molar-refractivity contribution in [3.05, 3.63) is 57.3 Å². The Morgan fingerprint density at radius 2 is 1.89 bits per heavy atom.